The molecule has 1 fully saturated rings. The summed E-state index contributed by atoms with van der Waals surface area (Å²) < 4.78 is 28.3. The van der Waals surface area contributed by atoms with E-state index in [-0.39, 0.29) is 11.7 Å². The molecule has 3 rings (SSSR count). The van der Waals surface area contributed by atoms with Gasteiger partial charge in [-0.2, -0.15) is 0 Å². The molecule has 5 nitrogen and oxygen atoms in total. The second kappa shape index (κ2) is 14.7. The first-order valence-corrected chi connectivity index (χ1v) is 14.5. The Morgan fingerprint density at radius 3 is 1.97 bits per heavy atom. The summed E-state index contributed by atoms with van der Waals surface area (Å²) >= 11 is 0. The molecular formula is C25H39O5P3. The van der Waals surface area contributed by atoms with Crippen LogP contribution >= 0.6 is 27.1 Å². The molecule has 0 radical (unpaired) electrons. The van der Waals surface area contributed by atoms with Crippen molar-refractivity contribution in [2.24, 2.45) is 5.41 Å². The number of hydrogen-bond acceptors (Lipinski definition) is 5. The fourth-order valence-electron chi connectivity index (χ4n) is 3.39. The summed E-state index contributed by atoms with van der Waals surface area (Å²) in [6.07, 6.45) is -0.285. The van der Waals surface area contributed by atoms with Gasteiger partial charge in [0.15, 0.2) is 6.29 Å². The van der Waals surface area contributed by atoms with Gasteiger partial charge in [0, 0.05) is 23.2 Å². The van der Waals surface area contributed by atoms with Crippen LogP contribution in [-0.4, -0.2) is 39.8 Å². The minimum absolute atomic E-state index is 0.187. The number of aryl methyl sites for hydroxylation is 2. The highest BCUT2D eigenvalue weighted by Crippen LogP contribution is 2.35. The Balaban J connectivity index is 0.000000273. The van der Waals surface area contributed by atoms with E-state index in [9.17, 15) is 0 Å². The third kappa shape index (κ3) is 9.15. The van der Waals surface area contributed by atoms with Gasteiger partial charge in [-0.15, -0.1) is 0 Å². The largest absolute Gasteiger partial charge is 0.480 e. The minimum atomic E-state index is -0.285. The fraction of sp³-hybridized carbons (Fsp3) is 0.520. The molecule has 2 aromatic carbocycles. The van der Waals surface area contributed by atoms with Crippen LogP contribution in [0.15, 0.2) is 42.5 Å². The zero-order valence-corrected chi connectivity index (χ0v) is 23.8. The van der Waals surface area contributed by atoms with Crippen LogP contribution in [0.5, 0.6) is 5.75 Å². The summed E-state index contributed by atoms with van der Waals surface area (Å²) in [5.41, 5.74) is 4.60. The van der Waals surface area contributed by atoms with Crippen LogP contribution in [0.4, 0.5) is 0 Å². The quantitative estimate of drug-likeness (QED) is 0.346. The molecule has 0 aliphatic carbocycles. The SMILES string of the molecule is CPOCC1(COPC)COC(c2ccc(C)cc2)OC1.Cc1ccc(C(C)C)c(OP)c1. The second-order valence-corrected chi connectivity index (χ2v) is 10.3. The molecule has 0 N–H and O–H groups in total. The van der Waals surface area contributed by atoms with Crippen LogP contribution in [0.1, 0.15) is 48.3 Å². The molecule has 0 spiro atoms. The zero-order valence-electron chi connectivity index (χ0n) is 20.6. The average molecular weight is 513 g/mol. The molecule has 1 aliphatic rings. The van der Waals surface area contributed by atoms with E-state index in [0.717, 1.165) is 11.3 Å². The van der Waals surface area contributed by atoms with Crippen molar-refractivity contribution < 1.29 is 23.0 Å². The van der Waals surface area contributed by atoms with E-state index in [0.29, 0.717) is 50.0 Å². The summed E-state index contributed by atoms with van der Waals surface area (Å²) in [4.78, 5) is 0. The lowest BCUT2D eigenvalue weighted by atomic mass is 9.91. The Morgan fingerprint density at radius 2 is 1.48 bits per heavy atom. The lowest BCUT2D eigenvalue weighted by Gasteiger charge is -2.39. The van der Waals surface area contributed by atoms with Crippen molar-refractivity contribution >= 4 is 27.1 Å². The van der Waals surface area contributed by atoms with Gasteiger partial charge in [-0.1, -0.05) is 55.8 Å². The van der Waals surface area contributed by atoms with Crippen LogP contribution in [0.3, 0.4) is 0 Å². The van der Waals surface area contributed by atoms with E-state index in [1.165, 1.54) is 16.7 Å². The van der Waals surface area contributed by atoms with Crippen LogP contribution in [0, 0.1) is 19.3 Å². The molecule has 0 bridgehead atoms. The third-order valence-corrected chi connectivity index (χ3v) is 6.51. The van der Waals surface area contributed by atoms with Crippen molar-refractivity contribution in [1.82, 2.24) is 0 Å². The van der Waals surface area contributed by atoms with E-state index in [1.807, 2.05) is 13.3 Å². The number of hydrogen-bond donors (Lipinski definition) is 0. The summed E-state index contributed by atoms with van der Waals surface area (Å²) in [5, 5.41) is 0. The topological polar surface area (TPSA) is 46.2 Å². The maximum atomic E-state index is 5.94. The molecule has 33 heavy (non-hydrogen) atoms. The molecular weight excluding hydrogens is 473 g/mol. The Morgan fingerprint density at radius 1 is 0.939 bits per heavy atom. The van der Waals surface area contributed by atoms with Gasteiger partial charge in [-0.05, 0) is 50.3 Å². The number of benzene rings is 2. The Hall–Kier alpha value is -0.630. The first kappa shape index (κ1) is 28.6. The van der Waals surface area contributed by atoms with Gasteiger partial charge in [0.2, 0.25) is 0 Å². The van der Waals surface area contributed by atoms with E-state index >= 15 is 0 Å². The van der Waals surface area contributed by atoms with Crippen molar-refractivity contribution in [2.45, 2.75) is 39.9 Å². The Labute approximate surface area is 205 Å². The standard InChI is InChI=1S/C15H24O4P2.C10H15OP/c1-12-4-6-13(7-5-12)14-16-8-15(9-17-14,10-18-20-2)11-19-21-3;1-7(2)9-5-4-8(3)6-10(9)11-12/h4-7,14,20-21H,8-11H2,1-3H3;4-7H,12H2,1-3H3. The van der Waals surface area contributed by atoms with Crippen LogP contribution in [0.25, 0.3) is 0 Å². The first-order valence-electron chi connectivity index (χ1n) is 11.2. The second-order valence-electron chi connectivity index (χ2n) is 8.66. The molecule has 2 aromatic rings. The van der Waals surface area contributed by atoms with Crippen LogP contribution < -0.4 is 4.52 Å². The summed E-state index contributed by atoms with van der Waals surface area (Å²) in [5.74, 6) is 1.48. The summed E-state index contributed by atoms with van der Waals surface area (Å²) in [6, 6.07) is 14.6. The van der Waals surface area contributed by atoms with Crippen molar-refractivity contribution in [3.05, 3.63) is 64.7 Å². The normalized spacial score (nSPS) is 21.0. The number of rotatable bonds is 9. The number of ether oxygens (including phenoxy) is 2. The Kier molecular flexibility index (Phi) is 12.7. The van der Waals surface area contributed by atoms with Gasteiger partial charge >= 0.3 is 0 Å². The zero-order chi connectivity index (χ0) is 24.3. The lowest BCUT2D eigenvalue weighted by Crippen LogP contribution is -2.45. The molecule has 1 aliphatic heterocycles. The van der Waals surface area contributed by atoms with E-state index in [1.54, 1.807) is 0 Å². The van der Waals surface area contributed by atoms with Gasteiger partial charge in [-0.3, -0.25) is 0 Å². The maximum absolute atomic E-state index is 5.94. The molecule has 0 aromatic heterocycles. The fourth-order valence-corrected chi connectivity index (χ4v) is 4.50. The summed E-state index contributed by atoms with van der Waals surface area (Å²) in [6.45, 7) is 14.9. The summed E-state index contributed by atoms with van der Waals surface area (Å²) in [7, 11) is 3.23. The van der Waals surface area contributed by atoms with Gasteiger partial charge < -0.3 is 23.0 Å². The molecule has 184 valence electrons. The van der Waals surface area contributed by atoms with E-state index in [2.05, 4.69) is 79.6 Å². The third-order valence-electron chi connectivity index (χ3n) is 5.39. The highest BCUT2D eigenvalue weighted by molar-refractivity contribution is 7.31. The van der Waals surface area contributed by atoms with Gasteiger partial charge in [0.05, 0.1) is 41.3 Å². The van der Waals surface area contributed by atoms with Crippen molar-refractivity contribution in [1.29, 1.82) is 0 Å². The van der Waals surface area contributed by atoms with Gasteiger partial charge in [0.1, 0.15) is 5.75 Å². The smallest absolute Gasteiger partial charge is 0.183 e. The predicted octanol–water partition coefficient (Wildman–Crippen LogP) is 6.79. The van der Waals surface area contributed by atoms with Gasteiger partial charge in [0.25, 0.3) is 0 Å². The molecule has 1 saturated heterocycles. The molecule has 0 amide bonds. The van der Waals surface area contributed by atoms with Crippen LogP contribution in [0.2, 0.25) is 0 Å². The highest BCUT2D eigenvalue weighted by atomic mass is 31.1. The van der Waals surface area contributed by atoms with Crippen molar-refractivity contribution in [3.63, 3.8) is 0 Å². The van der Waals surface area contributed by atoms with Gasteiger partial charge in [-0.25, -0.2) is 0 Å². The van der Waals surface area contributed by atoms with Crippen molar-refractivity contribution in [2.75, 3.05) is 39.8 Å². The van der Waals surface area contributed by atoms with E-state index in [4.69, 9.17) is 23.0 Å². The van der Waals surface area contributed by atoms with E-state index < -0.39 is 0 Å². The molecule has 3 atom stereocenters. The lowest BCUT2D eigenvalue weighted by molar-refractivity contribution is -0.244. The van der Waals surface area contributed by atoms with Crippen LogP contribution in [-0.2, 0) is 18.5 Å². The average Bonchev–Trinajstić information content (AvgIpc) is 2.82. The minimum Gasteiger partial charge on any atom is -0.480 e. The molecule has 8 heteroatoms. The first-order chi connectivity index (χ1) is 15.8. The maximum Gasteiger partial charge on any atom is 0.183 e. The predicted molar refractivity (Wildman–Crippen MR) is 144 cm³/mol. The molecule has 1 heterocycles. The highest BCUT2D eigenvalue weighted by Gasteiger charge is 2.38. The van der Waals surface area contributed by atoms with Crippen molar-refractivity contribution in [3.8, 4) is 5.75 Å². The molecule has 0 saturated carbocycles. The molecule has 3 unspecified atom stereocenters. The monoisotopic (exact) mass is 512 g/mol. The Bertz CT molecular complexity index is 811.